The standard InChI is InChI=1S/C14H15F2NOS/c1-9-6-7-19-13(9)12(17-2)10-4-3-5-11(8-10)18-14(15)16/h3-8,12,14,17H,1-2H3. The van der Waals surface area contributed by atoms with E-state index in [0.29, 0.717) is 0 Å². The second kappa shape index (κ2) is 6.12. The van der Waals surface area contributed by atoms with Crippen molar-refractivity contribution in [2.24, 2.45) is 0 Å². The third-order valence-electron chi connectivity index (χ3n) is 2.87. The van der Waals surface area contributed by atoms with E-state index in [2.05, 4.69) is 10.1 Å². The van der Waals surface area contributed by atoms with Crippen LogP contribution in [0.1, 0.15) is 22.0 Å². The molecule has 0 fully saturated rings. The van der Waals surface area contributed by atoms with Crippen molar-refractivity contribution < 1.29 is 13.5 Å². The smallest absolute Gasteiger partial charge is 0.387 e. The van der Waals surface area contributed by atoms with Crippen LogP contribution in [0.4, 0.5) is 8.78 Å². The Morgan fingerprint density at radius 1 is 1.26 bits per heavy atom. The van der Waals surface area contributed by atoms with Crippen LogP contribution in [0.5, 0.6) is 5.75 Å². The molecule has 1 atom stereocenters. The van der Waals surface area contributed by atoms with Gasteiger partial charge in [0.15, 0.2) is 0 Å². The van der Waals surface area contributed by atoms with Crippen molar-refractivity contribution in [2.75, 3.05) is 7.05 Å². The van der Waals surface area contributed by atoms with E-state index in [0.717, 1.165) is 5.56 Å². The van der Waals surface area contributed by atoms with Gasteiger partial charge in [-0.3, -0.25) is 0 Å². The van der Waals surface area contributed by atoms with Gasteiger partial charge in [0.1, 0.15) is 5.75 Å². The number of aryl methyl sites for hydroxylation is 1. The summed E-state index contributed by atoms with van der Waals surface area (Å²) >= 11 is 1.65. The van der Waals surface area contributed by atoms with Gasteiger partial charge in [-0.25, -0.2) is 0 Å². The largest absolute Gasteiger partial charge is 0.435 e. The van der Waals surface area contributed by atoms with Crippen molar-refractivity contribution in [3.05, 3.63) is 51.7 Å². The average Bonchev–Trinajstić information content (AvgIpc) is 2.77. The molecular weight excluding hydrogens is 268 g/mol. The molecule has 0 spiro atoms. The second-order valence-electron chi connectivity index (χ2n) is 4.14. The zero-order valence-electron chi connectivity index (χ0n) is 10.7. The first-order chi connectivity index (χ1) is 9.11. The number of alkyl halides is 2. The first kappa shape index (κ1) is 14.0. The SMILES string of the molecule is CNC(c1cccc(OC(F)F)c1)c1sccc1C. The molecule has 19 heavy (non-hydrogen) atoms. The van der Waals surface area contributed by atoms with Crippen LogP contribution in [0.2, 0.25) is 0 Å². The molecule has 0 saturated carbocycles. The number of rotatable bonds is 5. The van der Waals surface area contributed by atoms with Crippen LogP contribution in [0.25, 0.3) is 0 Å². The number of hydrogen-bond donors (Lipinski definition) is 1. The van der Waals surface area contributed by atoms with Crippen LogP contribution in [0, 0.1) is 6.92 Å². The highest BCUT2D eigenvalue weighted by atomic mass is 32.1. The fourth-order valence-corrected chi connectivity index (χ4v) is 3.06. The Labute approximate surface area is 115 Å². The lowest BCUT2D eigenvalue weighted by molar-refractivity contribution is -0.0498. The number of thiophene rings is 1. The monoisotopic (exact) mass is 283 g/mol. The van der Waals surface area contributed by atoms with Gasteiger partial charge in [0.25, 0.3) is 0 Å². The average molecular weight is 283 g/mol. The van der Waals surface area contributed by atoms with Crippen LogP contribution in [0.3, 0.4) is 0 Å². The Hall–Kier alpha value is -1.46. The maximum atomic E-state index is 12.2. The summed E-state index contributed by atoms with van der Waals surface area (Å²) in [5.74, 6) is 0.182. The quantitative estimate of drug-likeness (QED) is 0.896. The highest BCUT2D eigenvalue weighted by Crippen LogP contribution is 2.31. The summed E-state index contributed by atoms with van der Waals surface area (Å²) < 4.78 is 28.9. The van der Waals surface area contributed by atoms with Crippen molar-refractivity contribution >= 4 is 11.3 Å². The summed E-state index contributed by atoms with van der Waals surface area (Å²) in [5.41, 5.74) is 2.09. The zero-order chi connectivity index (χ0) is 13.8. The Kier molecular flexibility index (Phi) is 4.50. The lowest BCUT2D eigenvalue weighted by atomic mass is 10.0. The summed E-state index contributed by atoms with van der Waals surface area (Å²) in [6.07, 6.45) is 0. The summed E-state index contributed by atoms with van der Waals surface area (Å²) in [7, 11) is 1.85. The van der Waals surface area contributed by atoms with E-state index in [1.807, 2.05) is 31.5 Å². The molecule has 2 rings (SSSR count). The number of benzene rings is 1. The third-order valence-corrected chi connectivity index (χ3v) is 3.95. The summed E-state index contributed by atoms with van der Waals surface area (Å²) in [5, 5.41) is 5.23. The maximum Gasteiger partial charge on any atom is 0.387 e. The van der Waals surface area contributed by atoms with Crippen LogP contribution in [-0.4, -0.2) is 13.7 Å². The van der Waals surface area contributed by atoms with E-state index in [9.17, 15) is 8.78 Å². The second-order valence-corrected chi connectivity index (χ2v) is 5.09. The molecule has 2 nitrogen and oxygen atoms in total. The molecule has 1 N–H and O–H groups in total. The Morgan fingerprint density at radius 2 is 2.05 bits per heavy atom. The van der Waals surface area contributed by atoms with Gasteiger partial charge < -0.3 is 10.1 Å². The van der Waals surface area contributed by atoms with E-state index in [1.165, 1.54) is 16.5 Å². The maximum absolute atomic E-state index is 12.2. The molecule has 0 aliphatic carbocycles. The minimum atomic E-state index is -2.80. The first-order valence-electron chi connectivity index (χ1n) is 5.88. The van der Waals surface area contributed by atoms with Crippen molar-refractivity contribution in [1.29, 1.82) is 0 Å². The van der Waals surface area contributed by atoms with E-state index in [1.54, 1.807) is 23.5 Å². The lowest BCUT2D eigenvalue weighted by Gasteiger charge is -2.17. The van der Waals surface area contributed by atoms with Crippen molar-refractivity contribution in [1.82, 2.24) is 5.32 Å². The number of halogens is 2. The third kappa shape index (κ3) is 3.30. The van der Waals surface area contributed by atoms with Gasteiger partial charge in [-0.2, -0.15) is 8.78 Å². The number of nitrogens with one attached hydrogen (secondary N) is 1. The Morgan fingerprint density at radius 3 is 2.63 bits per heavy atom. The molecular formula is C14H15F2NOS. The summed E-state index contributed by atoms with van der Waals surface area (Å²) in [6.45, 7) is -0.762. The van der Waals surface area contributed by atoms with Crippen LogP contribution in [0.15, 0.2) is 35.7 Å². The molecule has 1 aromatic carbocycles. The molecule has 2 aromatic rings. The highest BCUT2D eigenvalue weighted by molar-refractivity contribution is 7.10. The van der Waals surface area contributed by atoms with Gasteiger partial charge in [-0.15, -0.1) is 11.3 Å². The molecule has 1 unspecified atom stereocenters. The minimum absolute atomic E-state index is 0.0128. The van der Waals surface area contributed by atoms with Crippen molar-refractivity contribution in [3.8, 4) is 5.75 Å². The van der Waals surface area contributed by atoms with Gasteiger partial charge in [-0.05, 0) is 48.7 Å². The minimum Gasteiger partial charge on any atom is -0.435 e. The molecule has 5 heteroatoms. The molecule has 102 valence electrons. The Balaban J connectivity index is 2.31. The molecule has 0 saturated heterocycles. The number of hydrogen-bond acceptors (Lipinski definition) is 3. The Bertz CT molecular complexity index is 542. The van der Waals surface area contributed by atoms with E-state index >= 15 is 0 Å². The van der Waals surface area contributed by atoms with E-state index in [-0.39, 0.29) is 11.8 Å². The molecule has 1 aromatic heterocycles. The van der Waals surface area contributed by atoms with Crippen LogP contribution in [-0.2, 0) is 0 Å². The summed E-state index contributed by atoms with van der Waals surface area (Å²) in [4.78, 5) is 1.18. The van der Waals surface area contributed by atoms with Crippen molar-refractivity contribution in [3.63, 3.8) is 0 Å². The number of ether oxygens (including phenoxy) is 1. The molecule has 0 radical (unpaired) electrons. The van der Waals surface area contributed by atoms with Gasteiger partial charge in [0.05, 0.1) is 6.04 Å². The predicted molar refractivity (Wildman–Crippen MR) is 73.0 cm³/mol. The fourth-order valence-electron chi connectivity index (χ4n) is 2.00. The molecule has 0 amide bonds. The van der Waals surface area contributed by atoms with Crippen LogP contribution < -0.4 is 10.1 Å². The van der Waals surface area contributed by atoms with E-state index in [4.69, 9.17) is 0 Å². The van der Waals surface area contributed by atoms with Crippen LogP contribution >= 0.6 is 11.3 Å². The van der Waals surface area contributed by atoms with E-state index < -0.39 is 6.61 Å². The topological polar surface area (TPSA) is 21.3 Å². The molecule has 1 heterocycles. The molecule has 0 bridgehead atoms. The normalized spacial score (nSPS) is 12.7. The molecule has 0 aliphatic rings. The fraction of sp³-hybridized carbons (Fsp3) is 0.286. The van der Waals surface area contributed by atoms with Gasteiger partial charge >= 0.3 is 6.61 Å². The molecule has 0 aliphatic heterocycles. The highest BCUT2D eigenvalue weighted by Gasteiger charge is 2.16. The first-order valence-corrected chi connectivity index (χ1v) is 6.76. The predicted octanol–water partition coefficient (Wildman–Crippen LogP) is 3.97. The van der Waals surface area contributed by atoms with Crippen molar-refractivity contribution in [2.45, 2.75) is 19.6 Å². The van der Waals surface area contributed by atoms with Gasteiger partial charge in [-0.1, -0.05) is 12.1 Å². The lowest BCUT2D eigenvalue weighted by Crippen LogP contribution is -2.17. The summed E-state index contributed by atoms with van der Waals surface area (Å²) in [6, 6.07) is 8.83. The van der Waals surface area contributed by atoms with Gasteiger partial charge in [0.2, 0.25) is 0 Å². The zero-order valence-corrected chi connectivity index (χ0v) is 11.5. The van der Waals surface area contributed by atoms with Gasteiger partial charge in [0, 0.05) is 4.88 Å².